The summed E-state index contributed by atoms with van der Waals surface area (Å²) in [5.41, 5.74) is 0.277. The molecule has 2 amide bonds. The molecule has 2 aliphatic heterocycles. The second-order valence-corrected chi connectivity index (χ2v) is 9.94. The van der Waals surface area contributed by atoms with E-state index in [9.17, 15) is 18.0 Å². The van der Waals surface area contributed by atoms with Gasteiger partial charge in [-0.1, -0.05) is 18.2 Å². The van der Waals surface area contributed by atoms with Crippen molar-refractivity contribution in [3.05, 3.63) is 30.0 Å². The molecule has 0 aliphatic carbocycles. The van der Waals surface area contributed by atoms with Gasteiger partial charge in [-0.05, 0) is 18.9 Å². The van der Waals surface area contributed by atoms with E-state index >= 15 is 0 Å². The number of benzene rings is 1. The highest BCUT2D eigenvalue weighted by molar-refractivity contribution is 7.88. The van der Waals surface area contributed by atoms with Crippen molar-refractivity contribution in [3.63, 3.8) is 0 Å². The van der Waals surface area contributed by atoms with Crippen LogP contribution in [-0.4, -0.2) is 78.5 Å². The monoisotopic (exact) mass is 435 g/mol. The summed E-state index contributed by atoms with van der Waals surface area (Å²) in [6, 6.07) is 6.25. The summed E-state index contributed by atoms with van der Waals surface area (Å²) in [5, 5.41) is 10.6. The zero-order chi connectivity index (χ0) is 21.5. The molecule has 30 heavy (non-hydrogen) atoms. The molecule has 162 valence electrons. The van der Waals surface area contributed by atoms with Gasteiger partial charge in [-0.2, -0.15) is 9.40 Å². The van der Waals surface area contributed by atoms with Gasteiger partial charge >= 0.3 is 0 Å². The van der Waals surface area contributed by atoms with E-state index in [2.05, 4.69) is 15.7 Å². The fourth-order valence-corrected chi connectivity index (χ4v) is 5.00. The van der Waals surface area contributed by atoms with Crippen molar-refractivity contribution in [3.8, 4) is 0 Å². The summed E-state index contributed by atoms with van der Waals surface area (Å²) < 4.78 is 33.0. The van der Waals surface area contributed by atoms with Gasteiger partial charge in [-0.3, -0.25) is 14.3 Å². The van der Waals surface area contributed by atoms with Crippen LogP contribution in [0.15, 0.2) is 24.3 Å². The number of hydrogen-bond acceptors (Lipinski definition) is 6. The Morgan fingerprint density at radius 3 is 2.70 bits per heavy atom. The van der Waals surface area contributed by atoms with Crippen LogP contribution in [0.1, 0.15) is 23.3 Å². The minimum atomic E-state index is -3.58. The number of aryl methyl sites for hydroxylation is 1. The summed E-state index contributed by atoms with van der Waals surface area (Å²) in [6.07, 6.45) is 2.13. The molecule has 2 fully saturated rings. The van der Waals surface area contributed by atoms with Crippen molar-refractivity contribution >= 4 is 32.7 Å². The highest BCUT2D eigenvalue weighted by Gasteiger charge is 2.44. The number of amides is 2. The van der Waals surface area contributed by atoms with E-state index in [-0.39, 0.29) is 18.8 Å². The molecule has 1 aromatic heterocycles. The fourth-order valence-electron chi connectivity index (χ4n) is 4.09. The maximum atomic E-state index is 13.0. The number of para-hydroxylation sites is 1. The third kappa shape index (κ3) is 3.92. The average molecular weight is 436 g/mol. The van der Waals surface area contributed by atoms with Gasteiger partial charge in [0.05, 0.1) is 17.3 Å². The smallest absolute Gasteiger partial charge is 0.273 e. The van der Waals surface area contributed by atoms with E-state index in [1.54, 1.807) is 23.9 Å². The summed E-state index contributed by atoms with van der Waals surface area (Å²) >= 11 is 0. The molecule has 0 bridgehead atoms. The Morgan fingerprint density at radius 2 is 2.00 bits per heavy atom. The van der Waals surface area contributed by atoms with Crippen molar-refractivity contribution in [2.24, 2.45) is 7.05 Å². The first-order valence-corrected chi connectivity index (χ1v) is 11.6. The molecule has 2 saturated heterocycles. The summed E-state index contributed by atoms with van der Waals surface area (Å²) in [5.74, 6) is -0.931. The lowest BCUT2D eigenvalue weighted by atomic mass is 9.90. The molecular formula is C19H25N5O5S. The van der Waals surface area contributed by atoms with E-state index in [0.29, 0.717) is 31.4 Å². The first-order chi connectivity index (χ1) is 14.2. The number of sulfonamides is 1. The van der Waals surface area contributed by atoms with E-state index in [1.165, 1.54) is 4.31 Å². The maximum absolute atomic E-state index is 13.0. The van der Waals surface area contributed by atoms with Gasteiger partial charge < -0.3 is 15.4 Å². The summed E-state index contributed by atoms with van der Waals surface area (Å²) in [6.45, 7) is 0.896. The SMILES string of the molecule is Cn1nc(C(=O)NC2CN(S(C)(=O)=O)CC3(CCOCC3)NC2=O)c2ccccc21. The quantitative estimate of drug-likeness (QED) is 0.677. The number of hydrogen-bond donors (Lipinski definition) is 2. The van der Waals surface area contributed by atoms with Crippen LogP contribution in [0.5, 0.6) is 0 Å². The minimum Gasteiger partial charge on any atom is -0.381 e. The van der Waals surface area contributed by atoms with Crippen LogP contribution in [0, 0.1) is 0 Å². The molecule has 1 aromatic carbocycles. The topological polar surface area (TPSA) is 123 Å². The Bertz CT molecular complexity index is 1090. The van der Waals surface area contributed by atoms with Gasteiger partial charge in [0.1, 0.15) is 6.04 Å². The molecule has 11 heteroatoms. The highest BCUT2D eigenvalue weighted by atomic mass is 32.2. The van der Waals surface area contributed by atoms with Gasteiger partial charge in [0, 0.05) is 38.7 Å². The number of rotatable bonds is 3. The molecule has 0 radical (unpaired) electrons. The average Bonchev–Trinajstić information content (AvgIpc) is 2.96. The lowest BCUT2D eigenvalue weighted by molar-refractivity contribution is -0.125. The summed E-state index contributed by atoms with van der Waals surface area (Å²) in [7, 11) is -1.85. The normalized spacial score (nSPS) is 22.6. The van der Waals surface area contributed by atoms with Gasteiger partial charge in [0.15, 0.2) is 5.69 Å². The van der Waals surface area contributed by atoms with Crippen LogP contribution in [0.2, 0.25) is 0 Å². The Hall–Kier alpha value is -2.50. The highest BCUT2D eigenvalue weighted by Crippen LogP contribution is 2.26. The largest absolute Gasteiger partial charge is 0.381 e. The summed E-state index contributed by atoms with van der Waals surface area (Å²) in [4.78, 5) is 25.9. The predicted octanol–water partition coefficient (Wildman–Crippen LogP) is -0.388. The number of nitrogens with zero attached hydrogens (tertiary/aromatic N) is 3. The third-order valence-electron chi connectivity index (χ3n) is 5.77. The van der Waals surface area contributed by atoms with E-state index < -0.39 is 33.4 Å². The number of fused-ring (bicyclic) bond motifs is 1. The van der Waals surface area contributed by atoms with Gasteiger partial charge in [-0.15, -0.1) is 0 Å². The lowest BCUT2D eigenvalue weighted by Crippen LogP contribution is -2.58. The van der Waals surface area contributed by atoms with Gasteiger partial charge in [0.25, 0.3) is 5.91 Å². The van der Waals surface area contributed by atoms with Crippen LogP contribution in [-0.2, 0) is 26.6 Å². The predicted molar refractivity (Wildman–Crippen MR) is 109 cm³/mol. The van der Waals surface area contributed by atoms with Crippen molar-refractivity contribution in [2.75, 3.05) is 32.6 Å². The molecule has 0 saturated carbocycles. The van der Waals surface area contributed by atoms with Gasteiger partial charge in [-0.25, -0.2) is 8.42 Å². The fraction of sp³-hybridized carbons (Fsp3) is 0.526. The molecular weight excluding hydrogens is 410 g/mol. The van der Waals surface area contributed by atoms with Crippen molar-refractivity contribution in [1.82, 2.24) is 24.7 Å². The molecule has 2 aromatic rings. The zero-order valence-corrected chi connectivity index (χ0v) is 17.7. The molecule has 1 atom stereocenters. The molecule has 2 N–H and O–H groups in total. The van der Waals surface area contributed by atoms with Crippen LogP contribution < -0.4 is 10.6 Å². The molecule has 1 spiro atoms. The van der Waals surface area contributed by atoms with Crippen LogP contribution in [0.3, 0.4) is 0 Å². The van der Waals surface area contributed by atoms with E-state index in [1.807, 2.05) is 12.1 Å². The van der Waals surface area contributed by atoms with E-state index in [0.717, 1.165) is 11.8 Å². The second-order valence-electron chi connectivity index (χ2n) is 7.95. The Labute approximate surface area is 174 Å². The molecule has 2 aliphatic rings. The standard InChI is InChI=1S/C19H25N5O5S/c1-23-15-6-4-3-5-13(15)16(22-23)18(26)20-14-11-24(30(2,27)28)12-19(21-17(14)25)7-9-29-10-8-19/h3-6,14H,7-12H2,1-2H3,(H,20,26)(H,21,25). The Morgan fingerprint density at radius 1 is 1.30 bits per heavy atom. The first-order valence-electron chi connectivity index (χ1n) is 9.76. The molecule has 10 nitrogen and oxygen atoms in total. The van der Waals surface area contributed by atoms with Crippen molar-refractivity contribution in [2.45, 2.75) is 24.4 Å². The molecule has 4 rings (SSSR count). The van der Waals surface area contributed by atoms with Crippen molar-refractivity contribution < 1.29 is 22.7 Å². The molecule has 3 heterocycles. The van der Waals surface area contributed by atoms with Gasteiger partial charge in [0.2, 0.25) is 15.9 Å². The zero-order valence-electron chi connectivity index (χ0n) is 16.9. The van der Waals surface area contributed by atoms with Crippen molar-refractivity contribution in [1.29, 1.82) is 0 Å². The van der Waals surface area contributed by atoms with E-state index in [4.69, 9.17) is 4.74 Å². The number of nitrogens with one attached hydrogen (secondary N) is 2. The van der Waals surface area contributed by atoms with Crippen LogP contribution >= 0.6 is 0 Å². The van der Waals surface area contributed by atoms with Crippen LogP contribution in [0.4, 0.5) is 0 Å². The number of carbonyl (C=O) groups is 2. The minimum absolute atomic E-state index is 0.135. The second kappa shape index (κ2) is 7.64. The number of ether oxygens (including phenoxy) is 1. The lowest BCUT2D eigenvalue weighted by Gasteiger charge is -2.38. The first kappa shape index (κ1) is 20.8. The third-order valence-corrected chi connectivity index (χ3v) is 6.98. The van der Waals surface area contributed by atoms with Crippen LogP contribution in [0.25, 0.3) is 10.9 Å². The maximum Gasteiger partial charge on any atom is 0.273 e. The number of aromatic nitrogens is 2. The Kier molecular flexibility index (Phi) is 5.28. The molecule has 1 unspecified atom stereocenters. The Balaban J connectivity index is 1.62. The number of carbonyl (C=O) groups excluding carboxylic acids is 2.